The highest BCUT2D eigenvalue weighted by Gasteiger charge is 1.99. The number of rotatable bonds is 3. The summed E-state index contributed by atoms with van der Waals surface area (Å²) in [6.07, 6.45) is 0.752. The first kappa shape index (κ1) is 11.5. The van der Waals surface area contributed by atoms with Gasteiger partial charge >= 0.3 is 0 Å². The van der Waals surface area contributed by atoms with E-state index >= 15 is 0 Å². The van der Waals surface area contributed by atoms with Gasteiger partial charge in [0, 0.05) is 25.1 Å². The van der Waals surface area contributed by atoms with Gasteiger partial charge < -0.3 is 0 Å². The van der Waals surface area contributed by atoms with E-state index in [1.54, 1.807) is 4.68 Å². The van der Waals surface area contributed by atoms with Gasteiger partial charge in [-0.2, -0.15) is 5.26 Å². The lowest BCUT2D eigenvalue weighted by molar-refractivity contribution is 0.676. The first-order valence-corrected chi connectivity index (χ1v) is 5.93. The Hall–Kier alpha value is -2.00. The van der Waals surface area contributed by atoms with Gasteiger partial charge in [0.1, 0.15) is 0 Å². The van der Waals surface area contributed by atoms with Gasteiger partial charge in [-0.1, -0.05) is 27.9 Å². The fourth-order valence-corrected chi connectivity index (χ4v) is 1.98. The third-order valence-corrected chi connectivity index (χ3v) is 3.05. The van der Waals surface area contributed by atoms with Crippen LogP contribution in [-0.2, 0) is 13.5 Å². The van der Waals surface area contributed by atoms with Gasteiger partial charge in [-0.05, 0) is 18.1 Å². The van der Waals surface area contributed by atoms with Crippen LogP contribution in [0.1, 0.15) is 11.1 Å². The standard InChI is InChI=1S/C11H11N5S/c1-16-11(17-15-14-16)13-7-6-9-4-2-3-5-10(9)8-12/h2-5H,6-7H2,1H3. The van der Waals surface area contributed by atoms with Crippen molar-refractivity contribution in [2.75, 3.05) is 6.54 Å². The lowest BCUT2D eigenvalue weighted by Gasteiger charge is -1.99. The summed E-state index contributed by atoms with van der Waals surface area (Å²) in [5, 5.41) is 12.8. The molecular weight excluding hydrogens is 234 g/mol. The Kier molecular flexibility index (Phi) is 3.62. The minimum Gasteiger partial charge on any atom is -0.256 e. The predicted molar refractivity (Wildman–Crippen MR) is 64.2 cm³/mol. The molecule has 0 bridgehead atoms. The van der Waals surface area contributed by atoms with E-state index in [-0.39, 0.29) is 0 Å². The second kappa shape index (κ2) is 5.37. The Balaban J connectivity index is 2.09. The molecule has 2 aromatic rings. The summed E-state index contributed by atoms with van der Waals surface area (Å²) >= 11 is 1.26. The lowest BCUT2D eigenvalue weighted by atomic mass is 10.1. The largest absolute Gasteiger partial charge is 0.256 e. The molecule has 0 atom stereocenters. The van der Waals surface area contributed by atoms with Crippen LogP contribution in [0.5, 0.6) is 0 Å². The van der Waals surface area contributed by atoms with Crippen molar-refractivity contribution in [3.05, 3.63) is 40.2 Å². The van der Waals surface area contributed by atoms with E-state index in [4.69, 9.17) is 5.26 Å². The highest BCUT2D eigenvalue weighted by molar-refractivity contribution is 7.02. The van der Waals surface area contributed by atoms with Crippen molar-refractivity contribution in [1.82, 2.24) is 14.4 Å². The summed E-state index contributed by atoms with van der Waals surface area (Å²) in [5.41, 5.74) is 1.74. The highest BCUT2D eigenvalue weighted by Crippen LogP contribution is 2.07. The molecule has 0 aliphatic heterocycles. The maximum Gasteiger partial charge on any atom is 0.222 e. The van der Waals surface area contributed by atoms with Crippen LogP contribution in [0.3, 0.4) is 0 Å². The van der Waals surface area contributed by atoms with E-state index in [1.807, 2.05) is 31.3 Å². The Morgan fingerprint density at radius 2 is 2.29 bits per heavy atom. The molecule has 0 amide bonds. The summed E-state index contributed by atoms with van der Waals surface area (Å²) in [4.78, 5) is 5.17. The maximum absolute atomic E-state index is 8.94. The first-order chi connectivity index (χ1) is 8.31. The minimum absolute atomic E-state index is 0.635. The summed E-state index contributed by atoms with van der Waals surface area (Å²) in [6.45, 7) is 0.635. The quantitative estimate of drug-likeness (QED) is 0.806. The molecule has 1 heterocycles. The minimum atomic E-state index is 0.635. The van der Waals surface area contributed by atoms with Gasteiger partial charge in [0.2, 0.25) is 4.80 Å². The molecule has 1 aromatic heterocycles. The number of aromatic nitrogens is 3. The third-order valence-electron chi connectivity index (χ3n) is 2.34. The molecule has 0 unspecified atom stereocenters. The van der Waals surface area contributed by atoms with Gasteiger partial charge in [-0.25, -0.2) is 4.68 Å². The second-order valence-electron chi connectivity index (χ2n) is 3.47. The first-order valence-electron chi connectivity index (χ1n) is 5.15. The number of aryl methyl sites for hydroxylation is 1. The molecule has 0 saturated heterocycles. The zero-order valence-corrected chi connectivity index (χ0v) is 10.2. The number of nitrogens with zero attached hydrogens (tertiary/aromatic N) is 5. The Morgan fingerprint density at radius 1 is 1.47 bits per heavy atom. The van der Waals surface area contributed by atoms with Crippen LogP contribution in [0.15, 0.2) is 29.3 Å². The van der Waals surface area contributed by atoms with E-state index in [1.165, 1.54) is 11.5 Å². The van der Waals surface area contributed by atoms with Gasteiger partial charge in [0.05, 0.1) is 11.6 Å². The molecule has 0 aliphatic carbocycles. The monoisotopic (exact) mass is 245 g/mol. The van der Waals surface area contributed by atoms with E-state index in [9.17, 15) is 0 Å². The molecule has 2 rings (SSSR count). The van der Waals surface area contributed by atoms with Gasteiger partial charge in [-0.3, -0.25) is 4.99 Å². The van der Waals surface area contributed by atoms with Crippen LogP contribution in [0.2, 0.25) is 0 Å². The Labute approximate surface area is 103 Å². The average Bonchev–Trinajstić information content (AvgIpc) is 2.76. The van der Waals surface area contributed by atoms with Gasteiger partial charge in [0.15, 0.2) is 0 Å². The van der Waals surface area contributed by atoms with Crippen LogP contribution in [0.25, 0.3) is 0 Å². The van der Waals surface area contributed by atoms with Crippen molar-refractivity contribution in [3.63, 3.8) is 0 Å². The summed E-state index contributed by atoms with van der Waals surface area (Å²) in [7, 11) is 1.81. The van der Waals surface area contributed by atoms with Crippen molar-refractivity contribution in [3.8, 4) is 6.07 Å². The van der Waals surface area contributed by atoms with Gasteiger partial charge in [0.25, 0.3) is 0 Å². The topological polar surface area (TPSA) is 66.9 Å². The summed E-state index contributed by atoms with van der Waals surface area (Å²) < 4.78 is 5.43. The molecule has 0 fully saturated rings. The normalized spacial score (nSPS) is 11.4. The molecule has 17 heavy (non-hydrogen) atoms. The molecule has 0 saturated carbocycles. The maximum atomic E-state index is 8.94. The Bertz CT molecular complexity index is 605. The number of hydrogen-bond acceptors (Lipinski definition) is 5. The van der Waals surface area contributed by atoms with Crippen LogP contribution >= 0.6 is 11.5 Å². The van der Waals surface area contributed by atoms with Gasteiger partial charge in [-0.15, -0.1) is 0 Å². The zero-order chi connectivity index (χ0) is 12.1. The third kappa shape index (κ3) is 2.77. The molecule has 6 heteroatoms. The van der Waals surface area contributed by atoms with Crippen LogP contribution in [0, 0.1) is 11.3 Å². The molecule has 1 aromatic carbocycles. The number of nitriles is 1. The van der Waals surface area contributed by atoms with E-state index in [0.717, 1.165) is 22.3 Å². The van der Waals surface area contributed by atoms with Crippen molar-refractivity contribution >= 4 is 11.5 Å². The molecule has 0 spiro atoms. The molecule has 5 nitrogen and oxygen atoms in total. The van der Waals surface area contributed by atoms with Crippen molar-refractivity contribution < 1.29 is 0 Å². The SMILES string of the molecule is Cn1nnsc1=NCCc1ccccc1C#N. The number of benzene rings is 1. The summed E-state index contributed by atoms with van der Waals surface area (Å²) in [6, 6.07) is 9.76. The Morgan fingerprint density at radius 3 is 3.00 bits per heavy atom. The second-order valence-corrected chi connectivity index (χ2v) is 4.18. The highest BCUT2D eigenvalue weighted by atomic mass is 32.1. The fraction of sp³-hybridized carbons (Fsp3) is 0.273. The molecule has 86 valence electrons. The molecular formula is C11H11N5S. The van der Waals surface area contributed by atoms with Crippen LogP contribution < -0.4 is 4.80 Å². The van der Waals surface area contributed by atoms with Crippen LogP contribution in [0.4, 0.5) is 0 Å². The molecule has 0 aliphatic rings. The lowest BCUT2D eigenvalue weighted by Crippen LogP contribution is -2.12. The zero-order valence-electron chi connectivity index (χ0n) is 9.37. The number of hydrogen-bond donors (Lipinski definition) is 0. The predicted octanol–water partition coefficient (Wildman–Crippen LogP) is 0.892. The van der Waals surface area contributed by atoms with Crippen molar-refractivity contribution in [2.45, 2.75) is 6.42 Å². The van der Waals surface area contributed by atoms with Crippen molar-refractivity contribution in [2.24, 2.45) is 12.0 Å². The molecule has 0 radical (unpaired) electrons. The van der Waals surface area contributed by atoms with E-state index in [0.29, 0.717) is 6.54 Å². The van der Waals surface area contributed by atoms with Crippen molar-refractivity contribution in [1.29, 1.82) is 5.26 Å². The average molecular weight is 245 g/mol. The van der Waals surface area contributed by atoms with E-state index in [2.05, 4.69) is 20.8 Å². The van der Waals surface area contributed by atoms with E-state index < -0.39 is 0 Å². The fourth-order valence-electron chi connectivity index (χ4n) is 1.46. The summed E-state index contributed by atoms with van der Waals surface area (Å²) in [5.74, 6) is 0. The smallest absolute Gasteiger partial charge is 0.222 e. The van der Waals surface area contributed by atoms with Crippen LogP contribution in [-0.4, -0.2) is 20.9 Å². The molecule has 0 N–H and O–H groups in total.